The average molecular weight is 395 g/mol. The quantitative estimate of drug-likeness (QED) is 0.487. The Bertz CT molecular complexity index is 1070. The zero-order chi connectivity index (χ0) is 21.0. The van der Waals surface area contributed by atoms with Crippen LogP contribution in [0.15, 0.2) is 51.7 Å². The third kappa shape index (κ3) is 4.84. The van der Waals surface area contributed by atoms with Gasteiger partial charge in [0.05, 0.1) is 12.7 Å². The molecule has 0 saturated carbocycles. The molecule has 0 spiro atoms. The third-order valence-corrected chi connectivity index (χ3v) is 4.94. The van der Waals surface area contributed by atoms with Gasteiger partial charge in [-0.2, -0.15) is 0 Å². The van der Waals surface area contributed by atoms with E-state index in [0.717, 1.165) is 16.5 Å². The number of fused-ring (bicyclic) bond motifs is 1. The number of rotatable bonds is 7. The summed E-state index contributed by atoms with van der Waals surface area (Å²) < 4.78 is 10.2. The summed E-state index contributed by atoms with van der Waals surface area (Å²) in [5.74, 6) is -0.293. The van der Waals surface area contributed by atoms with E-state index in [4.69, 9.17) is 9.15 Å². The topological polar surface area (TPSA) is 80.0 Å². The van der Waals surface area contributed by atoms with Crippen molar-refractivity contribution in [2.24, 2.45) is 0 Å². The molecule has 1 aromatic heterocycles. The van der Waals surface area contributed by atoms with Crippen LogP contribution in [-0.4, -0.2) is 30.1 Å². The molecular formula is C23H25NO5. The van der Waals surface area contributed by atoms with E-state index in [1.165, 1.54) is 13.2 Å². The fraction of sp³-hybridized carbons (Fsp3) is 0.304. The fourth-order valence-electron chi connectivity index (χ4n) is 3.46. The van der Waals surface area contributed by atoms with Gasteiger partial charge in [-0.15, -0.1) is 0 Å². The predicted molar refractivity (Wildman–Crippen MR) is 111 cm³/mol. The zero-order valence-corrected chi connectivity index (χ0v) is 16.9. The van der Waals surface area contributed by atoms with Crippen LogP contribution in [0.4, 0.5) is 0 Å². The maximum Gasteiger partial charge on any atom is 0.336 e. The van der Waals surface area contributed by atoms with Gasteiger partial charge < -0.3 is 14.3 Å². The SMILES string of the molecule is COC(=O)CCc1cc2c(C)cc(=O)oc2c(CN(C)Cc2ccccc2)c1O. The highest BCUT2D eigenvalue weighted by molar-refractivity contribution is 5.86. The molecule has 0 bridgehead atoms. The van der Waals surface area contributed by atoms with Crippen LogP contribution in [0.5, 0.6) is 5.75 Å². The van der Waals surface area contributed by atoms with E-state index in [1.807, 2.05) is 49.2 Å². The van der Waals surface area contributed by atoms with Gasteiger partial charge >= 0.3 is 11.6 Å². The molecule has 0 atom stereocenters. The van der Waals surface area contributed by atoms with Crippen molar-refractivity contribution >= 4 is 16.9 Å². The van der Waals surface area contributed by atoms with Crippen molar-refractivity contribution in [3.63, 3.8) is 0 Å². The highest BCUT2D eigenvalue weighted by atomic mass is 16.5. The van der Waals surface area contributed by atoms with E-state index in [1.54, 1.807) is 6.07 Å². The summed E-state index contributed by atoms with van der Waals surface area (Å²) in [5.41, 5.74) is 3.00. The lowest BCUT2D eigenvalue weighted by molar-refractivity contribution is -0.140. The molecule has 1 N–H and O–H groups in total. The molecule has 0 radical (unpaired) electrons. The van der Waals surface area contributed by atoms with Gasteiger partial charge in [-0.3, -0.25) is 9.69 Å². The molecular weight excluding hydrogens is 370 g/mol. The van der Waals surface area contributed by atoms with Crippen molar-refractivity contribution in [2.45, 2.75) is 32.9 Å². The van der Waals surface area contributed by atoms with Crippen molar-refractivity contribution in [1.29, 1.82) is 0 Å². The molecule has 0 unspecified atom stereocenters. The van der Waals surface area contributed by atoms with Gasteiger partial charge in [0.1, 0.15) is 11.3 Å². The van der Waals surface area contributed by atoms with E-state index < -0.39 is 5.63 Å². The number of benzene rings is 2. The molecule has 6 heteroatoms. The van der Waals surface area contributed by atoms with Crippen LogP contribution in [0.3, 0.4) is 0 Å². The second kappa shape index (κ2) is 8.92. The normalized spacial score (nSPS) is 11.2. The lowest BCUT2D eigenvalue weighted by atomic mass is 9.98. The number of phenols is 1. The molecule has 0 aliphatic carbocycles. The summed E-state index contributed by atoms with van der Waals surface area (Å²) in [6, 6.07) is 13.2. The zero-order valence-electron chi connectivity index (χ0n) is 16.9. The first-order chi connectivity index (χ1) is 13.9. The largest absolute Gasteiger partial charge is 0.507 e. The molecule has 3 rings (SSSR count). The van der Waals surface area contributed by atoms with Gasteiger partial charge in [0.2, 0.25) is 0 Å². The smallest absolute Gasteiger partial charge is 0.336 e. The predicted octanol–water partition coefficient (Wildman–Crippen LogP) is 3.54. The number of methoxy groups -OCH3 is 1. The minimum atomic E-state index is -0.455. The van der Waals surface area contributed by atoms with Crippen molar-refractivity contribution in [2.75, 3.05) is 14.2 Å². The van der Waals surface area contributed by atoms with Crippen molar-refractivity contribution in [3.05, 3.63) is 75.1 Å². The summed E-state index contributed by atoms with van der Waals surface area (Å²) in [6.45, 7) is 2.89. The Labute approximate surface area is 169 Å². The molecule has 152 valence electrons. The number of carbonyl (C=O) groups is 1. The van der Waals surface area contributed by atoms with Gasteiger partial charge in [0.25, 0.3) is 0 Å². The first kappa shape index (κ1) is 20.6. The number of ether oxygens (including phenoxy) is 1. The standard InChI is InChI=1S/C23H25NO5/c1-15-11-21(26)29-23-18(15)12-17(9-10-20(25)28-3)22(27)19(23)14-24(2)13-16-7-5-4-6-8-16/h4-8,11-12,27H,9-10,13-14H2,1-3H3. The van der Waals surface area contributed by atoms with E-state index in [-0.39, 0.29) is 18.1 Å². The first-order valence-electron chi connectivity index (χ1n) is 9.46. The van der Waals surface area contributed by atoms with Crippen LogP contribution in [0.2, 0.25) is 0 Å². The molecule has 0 amide bonds. The lowest BCUT2D eigenvalue weighted by Crippen LogP contribution is -2.18. The number of nitrogens with zero attached hydrogens (tertiary/aromatic N) is 1. The Morgan fingerprint density at radius 3 is 2.59 bits per heavy atom. The summed E-state index contributed by atoms with van der Waals surface area (Å²) >= 11 is 0. The number of phenolic OH excluding ortho intramolecular Hbond substituents is 1. The maximum atomic E-state index is 12.0. The lowest BCUT2D eigenvalue weighted by Gasteiger charge is -2.20. The second-order valence-corrected chi connectivity index (χ2v) is 7.22. The first-order valence-corrected chi connectivity index (χ1v) is 9.46. The molecule has 0 aliphatic heterocycles. The van der Waals surface area contributed by atoms with Crippen molar-refractivity contribution in [1.82, 2.24) is 4.90 Å². The summed E-state index contributed by atoms with van der Waals surface area (Å²) in [7, 11) is 3.28. The number of aryl methyl sites for hydroxylation is 2. The maximum absolute atomic E-state index is 12.0. The molecule has 0 aliphatic rings. The van der Waals surface area contributed by atoms with Gasteiger partial charge in [-0.1, -0.05) is 30.3 Å². The molecule has 0 fully saturated rings. The fourth-order valence-corrected chi connectivity index (χ4v) is 3.46. The van der Waals surface area contributed by atoms with Gasteiger partial charge in [-0.05, 0) is 43.1 Å². The van der Waals surface area contributed by atoms with Crippen LogP contribution in [0, 0.1) is 6.92 Å². The van der Waals surface area contributed by atoms with Crippen LogP contribution in [0.1, 0.15) is 28.7 Å². The monoisotopic (exact) mass is 395 g/mol. The summed E-state index contributed by atoms with van der Waals surface area (Å²) in [5, 5.41) is 11.7. The minimum Gasteiger partial charge on any atom is -0.507 e. The van der Waals surface area contributed by atoms with Crippen molar-refractivity contribution < 1.29 is 19.1 Å². The van der Waals surface area contributed by atoms with E-state index >= 15 is 0 Å². The number of esters is 1. The van der Waals surface area contributed by atoms with Crippen LogP contribution < -0.4 is 5.63 Å². The molecule has 3 aromatic rings. The number of hydrogen-bond donors (Lipinski definition) is 1. The molecule has 0 saturated heterocycles. The van der Waals surface area contributed by atoms with Crippen LogP contribution in [0.25, 0.3) is 11.0 Å². The third-order valence-electron chi connectivity index (χ3n) is 4.94. The van der Waals surface area contributed by atoms with E-state index in [9.17, 15) is 14.7 Å². The van der Waals surface area contributed by atoms with Gasteiger partial charge in [0, 0.05) is 31.0 Å². The van der Waals surface area contributed by atoms with Gasteiger partial charge in [-0.25, -0.2) is 4.79 Å². The molecule has 2 aromatic carbocycles. The highest BCUT2D eigenvalue weighted by Crippen LogP contribution is 2.34. The Hall–Kier alpha value is -3.12. The average Bonchev–Trinajstić information content (AvgIpc) is 2.69. The van der Waals surface area contributed by atoms with Gasteiger partial charge in [0.15, 0.2) is 0 Å². The Kier molecular flexibility index (Phi) is 6.34. The van der Waals surface area contributed by atoms with E-state index in [2.05, 4.69) is 0 Å². The summed E-state index contributed by atoms with van der Waals surface area (Å²) in [4.78, 5) is 25.6. The van der Waals surface area contributed by atoms with Crippen LogP contribution >= 0.6 is 0 Å². The molecule has 1 heterocycles. The minimum absolute atomic E-state index is 0.0510. The highest BCUT2D eigenvalue weighted by Gasteiger charge is 2.19. The van der Waals surface area contributed by atoms with Crippen molar-refractivity contribution in [3.8, 4) is 5.75 Å². The Balaban J connectivity index is 2.01. The number of aromatic hydroxyl groups is 1. The van der Waals surface area contributed by atoms with Crippen LogP contribution in [-0.2, 0) is 29.0 Å². The Morgan fingerprint density at radius 2 is 1.90 bits per heavy atom. The molecule has 29 heavy (non-hydrogen) atoms. The Morgan fingerprint density at radius 1 is 1.17 bits per heavy atom. The summed E-state index contributed by atoms with van der Waals surface area (Å²) in [6.07, 6.45) is 0.493. The molecule has 6 nitrogen and oxygen atoms in total. The number of carbonyl (C=O) groups excluding carboxylic acids is 1. The number of hydrogen-bond acceptors (Lipinski definition) is 6. The van der Waals surface area contributed by atoms with E-state index in [0.29, 0.717) is 36.2 Å². The second-order valence-electron chi connectivity index (χ2n) is 7.22.